The molecule has 9 heteroatoms. The van der Waals surface area contributed by atoms with Gasteiger partial charge in [-0.3, -0.25) is 4.79 Å². The standard InChI is InChI=1S/C25H27Cl2FN2O4/c1-29(25(33)34-19-9-5-17(28)6-10-19)23-14-30(24(32)15-2-7-18(31)8-3-15)13-20(23)16-4-11-21(26)22(27)12-16/h4-6,9-12,15,18,20,23,31H,2-3,7-8,13-14H2,1H3/t15?,18?,20-,23+/m0/s1. The van der Waals surface area contributed by atoms with Gasteiger partial charge in [-0.15, -0.1) is 0 Å². The van der Waals surface area contributed by atoms with Gasteiger partial charge in [-0.25, -0.2) is 9.18 Å². The van der Waals surface area contributed by atoms with Gasteiger partial charge in [0.25, 0.3) is 0 Å². The monoisotopic (exact) mass is 508 g/mol. The third-order valence-corrected chi connectivity index (χ3v) is 7.56. The highest BCUT2D eigenvalue weighted by atomic mass is 35.5. The molecule has 2 fully saturated rings. The lowest BCUT2D eigenvalue weighted by molar-refractivity contribution is -0.136. The Morgan fingerprint density at radius 1 is 1.03 bits per heavy atom. The lowest BCUT2D eigenvalue weighted by Gasteiger charge is -2.29. The van der Waals surface area contributed by atoms with Gasteiger partial charge in [0.05, 0.1) is 22.2 Å². The molecule has 0 spiro atoms. The second-order valence-corrected chi connectivity index (χ2v) is 9.84. The number of hydrogen-bond donors (Lipinski definition) is 1. The van der Waals surface area contributed by atoms with Crippen LogP contribution >= 0.6 is 23.2 Å². The molecule has 0 bridgehead atoms. The molecule has 1 saturated carbocycles. The van der Waals surface area contributed by atoms with E-state index in [0.717, 1.165) is 5.56 Å². The minimum absolute atomic E-state index is 0.0414. The van der Waals surface area contributed by atoms with Crippen LogP contribution in [0.1, 0.15) is 37.2 Å². The first-order valence-corrected chi connectivity index (χ1v) is 12.1. The van der Waals surface area contributed by atoms with E-state index in [1.807, 2.05) is 6.07 Å². The Balaban J connectivity index is 1.54. The summed E-state index contributed by atoms with van der Waals surface area (Å²) in [5.74, 6) is -0.476. The lowest BCUT2D eigenvalue weighted by atomic mass is 9.86. The van der Waals surface area contributed by atoms with Crippen molar-refractivity contribution in [3.63, 3.8) is 0 Å². The number of carbonyl (C=O) groups is 2. The van der Waals surface area contributed by atoms with Gasteiger partial charge in [-0.1, -0.05) is 29.3 Å². The van der Waals surface area contributed by atoms with E-state index in [4.69, 9.17) is 27.9 Å². The molecule has 2 aliphatic rings. The number of likely N-dealkylation sites (tertiary alicyclic amines) is 1. The maximum Gasteiger partial charge on any atom is 0.415 e. The van der Waals surface area contributed by atoms with Gasteiger partial charge < -0.3 is 19.6 Å². The van der Waals surface area contributed by atoms with Crippen LogP contribution in [-0.2, 0) is 4.79 Å². The number of ether oxygens (including phenoxy) is 1. The minimum atomic E-state index is -0.600. The first kappa shape index (κ1) is 24.8. The SMILES string of the molecule is CN(C(=O)Oc1ccc(F)cc1)[C@@H]1CN(C(=O)C2CCC(O)CC2)C[C@H]1c1ccc(Cl)c(Cl)c1. The Hall–Kier alpha value is -2.35. The molecule has 34 heavy (non-hydrogen) atoms. The van der Waals surface area contributed by atoms with Crippen molar-refractivity contribution >= 4 is 35.2 Å². The summed E-state index contributed by atoms with van der Waals surface area (Å²) in [5.41, 5.74) is 0.871. The maximum atomic E-state index is 13.3. The fourth-order valence-electron chi connectivity index (χ4n) is 4.82. The summed E-state index contributed by atoms with van der Waals surface area (Å²) in [6.07, 6.45) is 1.60. The van der Waals surface area contributed by atoms with E-state index in [1.54, 1.807) is 24.1 Å². The molecule has 1 heterocycles. The zero-order valence-corrected chi connectivity index (χ0v) is 20.3. The quantitative estimate of drug-likeness (QED) is 0.622. The summed E-state index contributed by atoms with van der Waals surface area (Å²) in [6, 6.07) is 10.2. The molecular formula is C25H27Cl2FN2O4. The van der Waals surface area contributed by atoms with E-state index < -0.39 is 11.9 Å². The van der Waals surface area contributed by atoms with Crippen LogP contribution in [0.2, 0.25) is 10.0 Å². The van der Waals surface area contributed by atoms with Crippen molar-refractivity contribution in [2.24, 2.45) is 5.92 Å². The molecular weight excluding hydrogens is 482 g/mol. The maximum absolute atomic E-state index is 13.3. The molecule has 0 aromatic heterocycles. The number of halogens is 3. The highest BCUT2D eigenvalue weighted by molar-refractivity contribution is 6.42. The molecule has 2 aromatic carbocycles. The van der Waals surface area contributed by atoms with Crippen molar-refractivity contribution in [2.45, 2.75) is 43.7 Å². The van der Waals surface area contributed by atoms with Crippen molar-refractivity contribution in [3.8, 4) is 5.75 Å². The van der Waals surface area contributed by atoms with Crippen LogP contribution in [0.3, 0.4) is 0 Å². The normalized spacial score (nSPS) is 24.7. The third-order valence-electron chi connectivity index (χ3n) is 6.82. The van der Waals surface area contributed by atoms with Crippen molar-refractivity contribution in [3.05, 3.63) is 63.9 Å². The molecule has 4 rings (SSSR count). The average Bonchev–Trinajstić information content (AvgIpc) is 3.27. The van der Waals surface area contributed by atoms with E-state index in [2.05, 4.69) is 0 Å². The largest absolute Gasteiger partial charge is 0.415 e. The van der Waals surface area contributed by atoms with E-state index in [0.29, 0.717) is 48.8 Å². The lowest BCUT2D eigenvalue weighted by Crippen LogP contribution is -2.44. The van der Waals surface area contributed by atoms with E-state index in [-0.39, 0.29) is 35.6 Å². The second kappa shape index (κ2) is 10.5. The molecule has 2 amide bonds. The summed E-state index contributed by atoms with van der Waals surface area (Å²) < 4.78 is 18.6. The molecule has 6 nitrogen and oxygen atoms in total. The van der Waals surface area contributed by atoms with Gasteiger partial charge in [0.15, 0.2) is 0 Å². The first-order valence-electron chi connectivity index (χ1n) is 11.3. The van der Waals surface area contributed by atoms with Crippen LogP contribution in [0.15, 0.2) is 42.5 Å². The number of hydrogen-bond acceptors (Lipinski definition) is 4. The zero-order chi connectivity index (χ0) is 24.4. The molecule has 2 atom stereocenters. The van der Waals surface area contributed by atoms with Gasteiger partial charge in [0, 0.05) is 32.0 Å². The number of benzene rings is 2. The Labute approximate surface area is 208 Å². The van der Waals surface area contributed by atoms with E-state index >= 15 is 0 Å². The van der Waals surface area contributed by atoms with Gasteiger partial charge in [0.1, 0.15) is 11.6 Å². The van der Waals surface area contributed by atoms with Crippen molar-refractivity contribution < 1.29 is 23.8 Å². The van der Waals surface area contributed by atoms with Crippen molar-refractivity contribution in [1.82, 2.24) is 9.80 Å². The van der Waals surface area contributed by atoms with Gasteiger partial charge in [-0.2, -0.15) is 0 Å². The Morgan fingerprint density at radius 3 is 2.35 bits per heavy atom. The van der Waals surface area contributed by atoms with Crippen molar-refractivity contribution in [1.29, 1.82) is 0 Å². The molecule has 0 radical (unpaired) electrons. The molecule has 0 unspecified atom stereocenters. The third kappa shape index (κ3) is 5.48. The number of nitrogens with zero attached hydrogens (tertiary/aromatic N) is 2. The summed E-state index contributed by atoms with van der Waals surface area (Å²) in [4.78, 5) is 29.5. The minimum Gasteiger partial charge on any atom is -0.410 e. The van der Waals surface area contributed by atoms with Crippen LogP contribution < -0.4 is 4.74 Å². The summed E-state index contributed by atoms with van der Waals surface area (Å²) >= 11 is 12.4. The second-order valence-electron chi connectivity index (χ2n) is 9.03. The molecule has 1 aliphatic carbocycles. The molecule has 1 N–H and O–H groups in total. The smallest absolute Gasteiger partial charge is 0.410 e. The van der Waals surface area contributed by atoms with Gasteiger partial charge in [-0.05, 0) is 67.6 Å². The van der Waals surface area contributed by atoms with Crippen LogP contribution in [-0.4, -0.2) is 59.2 Å². The number of amides is 2. The number of rotatable bonds is 4. The van der Waals surface area contributed by atoms with Crippen LogP contribution in [0.5, 0.6) is 5.75 Å². The first-order chi connectivity index (χ1) is 16.2. The number of aliphatic hydroxyl groups excluding tert-OH is 1. The molecule has 1 aliphatic heterocycles. The van der Waals surface area contributed by atoms with Gasteiger partial charge in [0.2, 0.25) is 5.91 Å². The highest BCUT2D eigenvalue weighted by Gasteiger charge is 2.42. The Morgan fingerprint density at radius 2 is 1.71 bits per heavy atom. The molecule has 2 aromatic rings. The average molecular weight is 509 g/mol. The van der Waals surface area contributed by atoms with E-state index in [9.17, 15) is 19.1 Å². The number of carbonyl (C=O) groups excluding carboxylic acids is 2. The Bertz CT molecular complexity index is 1040. The van der Waals surface area contributed by atoms with Crippen LogP contribution in [0.25, 0.3) is 0 Å². The molecule has 1 saturated heterocycles. The van der Waals surface area contributed by atoms with Crippen molar-refractivity contribution in [2.75, 3.05) is 20.1 Å². The predicted molar refractivity (Wildman–Crippen MR) is 128 cm³/mol. The predicted octanol–water partition coefficient (Wildman–Crippen LogP) is 5.11. The molecule has 182 valence electrons. The fourth-order valence-corrected chi connectivity index (χ4v) is 5.13. The highest BCUT2D eigenvalue weighted by Crippen LogP contribution is 2.36. The summed E-state index contributed by atoms with van der Waals surface area (Å²) in [5, 5.41) is 10.6. The number of aliphatic hydroxyl groups is 1. The summed E-state index contributed by atoms with van der Waals surface area (Å²) in [7, 11) is 1.63. The zero-order valence-electron chi connectivity index (χ0n) is 18.8. The van der Waals surface area contributed by atoms with Gasteiger partial charge >= 0.3 is 6.09 Å². The van der Waals surface area contributed by atoms with E-state index in [1.165, 1.54) is 29.2 Å². The summed E-state index contributed by atoms with van der Waals surface area (Å²) in [6.45, 7) is 0.770. The van der Waals surface area contributed by atoms with Crippen LogP contribution in [0, 0.1) is 11.7 Å². The topological polar surface area (TPSA) is 70.1 Å². The number of likely N-dealkylation sites (N-methyl/N-ethyl adjacent to an activating group) is 1. The van der Waals surface area contributed by atoms with Crippen LogP contribution in [0.4, 0.5) is 9.18 Å². The Kier molecular flexibility index (Phi) is 7.65. The fraction of sp³-hybridized carbons (Fsp3) is 0.440.